The van der Waals surface area contributed by atoms with Gasteiger partial charge >= 0.3 is 0 Å². The third kappa shape index (κ3) is 3.30. The minimum atomic E-state index is -0.393. The molecule has 0 aliphatic rings. The molecule has 0 saturated heterocycles. The van der Waals surface area contributed by atoms with Crippen molar-refractivity contribution in [3.8, 4) is 0 Å². The van der Waals surface area contributed by atoms with Crippen LogP contribution in [-0.4, -0.2) is 11.3 Å². The monoisotopic (exact) mass is 255 g/mol. The van der Waals surface area contributed by atoms with E-state index in [1.807, 2.05) is 19.9 Å². The molecule has 1 amide bonds. The summed E-state index contributed by atoms with van der Waals surface area (Å²) in [4.78, 5) is 12.5. The van der Waals surface area contributed by atoms with Crippen molar-refractivity contribution in [1.29, 1.82) is 0 Å². The molecule has 1 aromatic carbocycles. The molecule has 0 saturated carbocycles. The van der Waals surface area contributed by atoms with Gasteiger partial charge in [0.2, 0.25) is 6.41 Å². The lowest BCUT2D eigenvalue weighted by molar-refractivity contribution is -0.117. The first kappa shape index (κ1) is 13.7. The Hall–Kier alpha value is -1.35. The second-order valence-corrected chi connectivity index (χ2v) is 3.97. The quantitative estimate of drug-likeness (QED) is 0.734. The van der Waals surface area contributed by atoms with Crippen molar-refractivity contribution in [2.45, 2.75) is 26.8 Å². The van der Waals surface area contributed by atoms with Crippen molar-refractivity contribution in [2.24, 2.45) is 0 Å². The van der Waals surface area contributed by atoms with Crippen LogP contribution in [-0.2, 0) is 11.3 Å². The van der Waals surface area contributed by atoms with Crippen LogP contribution in [0.1, 0.15) is 25.8 Å². The topological polar surface area (TPSA) is 20.3 Å². The molecule has 92 valence electrons. The summed E-state index contributed by atoms with van der Waals surface area (Å²) < 4.78 is 13.6. The lowest BCUT2D eigenvalue weighted by Crippen LogP contribution is -2.21. The Labute approximate surface area is 106 Å². The molecule has 1 rings (SSSR count). The standard InChI is InChI=1S/C13H15ClFNO/c1-3-10(4-2)16(9-17)8-11-12(14)6-5-7-13(11)15/h3,5-7,9H,4,8H2,1-2H3/b10-3+. The summed E-state index contributed by atoms with van der Waals surface area (Å²) in [6, 6.07) is 4.50. The van der Waals surface area contributed by atoms with Gasteiger partial charge in [-0.3, -0.25) is 4.79 Å². The van der Waals surface area contributed by atoms with Crippen LogP contribution >= 0.6 is 11.6 Å². The van der Waals surface area contributed by atoms with Crippen molar-refractivity contribution in [3.05, 3.63) is 46.4 Å². The van der Waals surface area contributed by atoms with Crippen molar-refractivity contribution < 1.29 is 9.18 Å². The molecule has 0 radical (unpaired) electrons. The van der Waals surface area contributed by atoms with Crippen LogP contribution in [0.15, 0.2) is 30.0 Å². The molecular formula is C13H15ClFNO. The maximum Gasteiger partial charge on any atom is 0.214 e. The van der Waals surface area contributed by atoms with E-state index in [2.05, 4.69) is 0 Å². The van der Waals surface area contributed by atoms with E-state index in [-0.39, 0.29) is 6.54 Å². The Kier molecular flexibility index (Phi) is 5.16. The molecule has 0 atom stereocenters. The lowest BCUT2D eigenvalue weighted by Gasteiger charge is -2.20. The van der Waals surface area contributed by atoms with Crippen molar-refractivity contribution in [1.82, 2.24) is 4.90 Å². The largest absolute Gasteiger partial charge is 0.315 e. The molecule has 0 N–H and O–H groups in total. The van der Waals surface area contributed by atoms with Gasteiger partial charge in [0.25, 0.3) is 0 Å². The highest BCUT2D eigenvalue weighted by Crippen LogP contribution is 2.22. The number of carbonyl (C=O) groups is 1. The first-order valence-electron chi connectivity index (χ1n) is 5.44. The van der Waals surface area contributed by atoms with Gasteiger partial charge in [-0.1, -0.05) is 30.7 Å². The molecule has 0 fully saturated rings. The van der Waals surface area contributed by atoms with Gasteiger partial charge in [0, 0.05) is 16.3 Å². The van der Waals surface area contributed by atoms with Gasteiger partial charge in [-0.25, -0.2) is 4.39 Å². The van der Waals surface area contributed by atoms with E-state index < -0.39 is 5.82 Å². The number of benzene rings is 1. The van der Waals surface area contributed by atoms with Gasteiger partial charge in [-0.05, 0) is 25.5 Å². The lowest BCUT2D eigenvalue weighted by atomic mass is 10.2. The molecule has 0 unspecified atom stereocenters. The Balaban J connectivity index is 2.99. The fourth-order valence-corrected chi connectivity index (χ4v) is 1.86. The molecule has 1 aromatic rings. The third-order valence-electron chi connectivity index (χ3n) is 2.58. The number of nitrogens with zero attached hydrogens (tertiary/aromatic N) is 1. The molecule has 0 heterocycles. The zero-order chi connectivity index (χ0) is 12.8. The molecule has 0 spiro atoms. The van der Waals surface area contributed by atoms with E-state index >= 15 is 0 Å². The molecular weight excluding hydrogens is 241 g/mol. The number of carbonyl (C=O) groups excluding carboxylic acids is 1. The van der Waals surface area contributed by atoms with Gasteiger partial charge in [-0.15, -0.1) is 0 Å². The van der Waals surface area contributed by atoms with E-state index in [1.54, 1.807) is 12.1 Å². The summed E-state index contributed by atoms with van der Waals surface area (Å²) in [6.45, 7) is 3.94. The highest BCUT2D eigenvalue weighted by molar-refractivity contribution is 6.31. The van der Waals surface area contributed by atoms with Crippen LogP contribution in [0.5, 0.6) is 0 Å². The predicted molar refractivity (Wildman–Crippen MR) is 67.1 cm³/mol. The summed E-state index contributed by atoms with van der Waals surface area (Å²) >= 11 is 5.92. The molecule has 0 aliphatic carbocycles. The van der Waals surface area contributed by atoms with Crippen LogP contribution in [0.2, 0.25) is 5.02 Å². The van der Waals surface area contributed by atoms with E-state index in [0.717, 1.165) is 5.70 Å². The van der Waals surface area contributed by atoms with Crippen LogP contribution in [0.4, 0.5) is 4.39 Å². The molecule has 17 heavy (non-hydrogen) atoms. The fraction of sp³-hybridized carbons (Fsp3) is 0.308. The van der Waals surface area contributed by atoms with Crippen LogP contribution in [0.3, 0.4) is 0 Å². The van der Waals surface area contributed by atoms with E-state index in [0.29, 0.717) is 23.4 Å². The van der Waals surface area contributed by atoms with Gasteiger partial charge in [-0.2, -0.15) is 0 Å². The second-order valence-electron chi connectivity index (χ2n) is 3.57. The maximum absolute atomic E-state index is 13.6. The van der Waals surface area contributed by atoms with Crippen LogP contribution < -0.4 is 0 Å². The predicted octanol–water partition coefficient (Wildman–Crippen LogP) is 3.75. The summed E-state index contributed by atoms with van der Waals surface area (Å²) in [5.74, 6) is -0.393. The van der Waals surface area contributed by atoms with E-state index in [1.165, 1.54) is 11.0 Å². The average molecular weight is 256 g/mol. The SMILES string of the molecule is C/C=C(\CC)N(C=O)Cc1c(F)cccc1Cl. The zero-order valence-electron chi connectivity index (χ0n) is 9.91. The average Bonchev–Trinajstić information content (AvgIpc) is 2.33. The molecule has 0 aliphatic heterocycles. The molecule has 4 heteroatoms. The Morgan fingerprint density at radius 3 is 2.71 bits per heavy atom. The van der Waals surface area contributed by atoms with Crippen LogP contribution in [0, 0.1) is 5.82 Å². The number of allylic oxidation sites excluding steroid dienone is 2. The summed E-state index contributed by atoms with van der Waals surface area (Å²) in [5, 5.41) is 0.336. The van der Waals surface area contributed by atoms with E-state index in [4.69, 9.17) is 11.6 Å². The Morgan fingerprint density at radius 2 is 2.24 bits per heavy atom. The third-order valence-corrected chi connectivity index (χ3v) is 2.94. The number of rotatable bonds is 5. The Morgan fingerprint density at radius 1 is 1.53 bits per heavy atom. The van der Waals surface area contributed by atoms with E-state index in [9.17, 15) is 9.18 Å². The fourth-order valence-electron chi connectivity index (χ4n) is 1.63. The van der Waals surface area contributed by atoms with Crippen LogP contribution in [0.25, 0.3) is 0 Å². The highest BCUT2D eigenvalue weighted by atomic mass is 35.5. The summed E-state index contributed by atoms with van der Waals surface area (Å²) in [7, 11) is 0. The van der Waals surface area contributed by atoms with Gasteiger partial charge in [0.15, 0.2) is 0 Å². The molecule has 0 bridgehead atoms. The Bertz CT molecular complexity index is 411. The summed E-state index contributed by atoms with van der Waals surface area (Å²) in [6.07, 6.45) is 3.24. The molecule has 0 aromatic heterocycles. The minimum Gasteiger partial charge on any atom is -0.315 e. The second kappa shape index (κ2) is 6.40. The molecule has 2 nitrogen and oxygen atoms in total. The number of halogens is 2. The maximum atomic E-state index is 13.6. The first-order valence-corrected chi connectivity index (χ1v) is 5.81. The zero-order valence-corrected chi connectivity index (χ0v) is 10.7. The smallest absolute Gasteiger partial charge is 0.214 e. The first-order chi connectivity index (χ1) is 8.13. The van der Waals surface area contributed by atoms with Crippen molar-refractivity contribution in [2.75, 3.05) is 0 Å². The summed E-state index contributed by atoms with van der Waals surface area (Å²) in [5.41, 5.74) is 1.19. The number of hydrogen-bond acceptors (Lipinski definition) is 1. The normalized spacial score (nSPS) is 11.4. The minimum absolute atomic E-state index is 0.155. The van der Waals surface area contributed by atoms with Crippen molar-refractivity contribution >= 4 is 18.0 Å². The van der Waals surface area contributed by atoms with Gasteiger partial charge < -0.3 is 4.90 Å². The van der Waals surface area contributed by atoms with Gasteiger partial charge in [0.1, 0.15) is 5.82 Å². The van der Waals surface area contributed by atoms with Gasteiger partial charge in [0.05, 0.1) is 6.54 Å². The van der Waals surface area contributed by atoms with Crippen molar-refractivity contribution in [3.63, 3.8) is 0 Å². The highest BCUT2D eigenvalue weighted by Gasteiger charge is 2.13. The number of hydrogen-bond donors (Lipinski definition) is 0. The number of amides is 1.